The predicted octanol–water partition coefficient (Wildman–Crippen LogP) is 0.549. The average Bonchev–Trinajstić information content (AvgIpc) is 2.86. The van der Waals surface area contributed by atoms with Crippen LogP contribution in [0.5, 0.6) is 0 Å². The lowest BCUT2D eigenvalue weighted by Gasteiger charge is -2.21. The van der Waals surface area contributed by atoms with Gasteiger partial charge in [0, 0.05) is 18.7 Å². The number of hydrogen-bond acceptors (Lipinski definition) is 3. The Kier molecular flexibility index (Phi) is 3.21. The minimum absolute atomic E-state index is 0.0422. The highest BCUT2D eigenvalue weighted by atomic mass is 16.2. The number of benzene rings is 1. The number of carbonyl (C=O) groups excluding carboxylic acids is 2. The van der Waals surface area contributed by atoms with Crippen molar-refractivity contribution in [2.24, 2.45) is 0 Å². The summed E-state index contributed by atoms with van der Waals surface area (Å²) in [7, 11) is 0. The van der Waals surface area contributed by atoms with Crippen molar-refractivity contribution >= 4 is 17.5 Å². The first-order chi connectivity index (χ1) is 9.24. The van der Waals surface area contributed by atoms with Crippen LogP contribution >= 0.6 is 0 Å². The summed E-state index contributed by atoms with van der Waals surface area (Å²) in [6.07, 6.45) is 1.94. The van der Waals surface area contributed by atoms with E-state index in [1.807, 2.05) is 12.1 Å². The van der Waals surface area contributed by atoms with Gasteiger partial charge in [0.15, 0.2) is 0 Å². The van der Waals surface area contributed by atoms with Crippen molar-refractivity contribution in [1.82, 2.24) is 10.6 Å². The van der Waals surface area contributed by atoms with E-state index in [-0.39, 0.29) is 17.9 Å². The second-order valence-corrected chi connectivity index (χ2v) is 5.02. The fourth-order valence-corrected chi connectivity index (χ4v) is 2.68. The average molecular weight is 259 g/mol. The second kappa shape index (κ2) is 5.01. The van der Waals surface area contributed by atoms with Crippen LogP contribution in [-0.2, 0) is 22.6 Å². The molecule has 2 aliphatic rings. The van der Waals surface area contributed by atoms with E-state index in [1.54, 1.807) is 0 Å². The van der Waals surface area contributed by atoms with Crippen LogP contribution in [0, 0.1) is 0 Å². The van der Waals surface area contributed by atoms with Gasteiger partial charge < -0.3 is 16.0 Å². The van der Waals surface area contributed by atoms with Crippen molar-refractivity contribution in [2.75, 3.05) is 11.9 Å². The van der Waals surface area contributed by atoms with E-state index >= 15 is 0 Å². The van der Waals surface area contributed by atoms with Crippen LogP contribution in [0.4, 0.5) is 5.69 Å². The lowest BCUT2D eigenvalue weighted by Crippen LogP contribution is -2.37. The lowest BCUT2D eigenvalue weighted by molar-refractivity contribution is -0.122. The molecule has 100 valence electrons. The third-order valence-electron chi connectivity index (χ3n) is 3.71. The smallest absolute Gasteiger partial charge is 0.246 e. The Bertz CT molecular complexity index is 527. The Morgan fingerprint density at radius 3 is 3.00 bits per heavy atom. The van der Waals surface area contributed by atoms with Crippen molar-refractivity contribution in [3.63, 3.8) is 0 Å². The molecule has 5 heteroatoms. The lowest BCUT2D eigenvalue weighted by atomic mass is 9.99. The van der Waals surface area contributed by atoms with Gasteiger partial charge in [-0.3, -0.25) is 9.59 Å². The van der Waals surface area contributed by atoms with Crippen molar-refractivity contribution in [3.05, 3.63) is 29.3 Å². The minimum atomic E-state index is -0.384. The van der Waals surface area contributed by atoms with Crippen LogP contribution in [0.2, 0.25) is 0 Å². The normalized spacial score (nSPS) is 21.7. The third-order valence-corrected chi connectivity index (χ3v) is 3.71. The van der Waals surface area contributed by atoms with Crippen molar-refractivity contribution in [2.45, 2.75) is 31.8 Å². The van der Waals surface area contributed by atoms with Gasteiger partial charge in [0.25, 0.3) is 0 Å². The molecule has 0 unspecified atom stereocenters. The molecule has 1 aromatic rings. The molecule has 5 nitrogen and oxygen atoms in total. The van der Waals surface area contributed by atoms with Gasteiger partial charge >= 0.3 is 0 Å². The summed E-state index contributed by atoms with van der Waals surface area (Å²) < 4.78 is 0. The molecule has 2 heterocycles. The fourth-order valence-electron chi connectivity index (χ4n) is 2.68. The number of rotatable bonds is 2. The van der Waals surface area contributed by atoms with E-state index in [2.05, 4.69) is 22.0 Å². The van der Waals surface area contributed by atoms with Gasteiger partial charge in [0.05, 0.1) is 0 Å². The third kappa shape index (κ3) is 2.46. The van der Waals surface area contributed by atoms with Crippen molar-refractivity contribution in [1.29, 1.82) is 0 Å². The zero-order chi connectivity index (χ0) is 13.2. The van der Waals surface area contributed by atoms with Gasteiger partial charge in [-0.15, -0.1) is 0 Å². The zero-order valence-electron chi connectivity index (χ0n) is 10.7. The molecule has 1 saturated heterocycles. The molecule has 0 bridgehead atoms. The van der Waals surface area contributed by atoms with E-state index in [4.69, 9.17) is 0 Å². The first-order valence-corrected chi connectivity index (χ1v) is 6.66. The van der Waals surface area contributed by atoms with Gasteiger partial charge in [0.2, 0.25) is 11.8 Å². The molecule has 0 aromatic heterocycles. The highest BCUT2D eigenvalue weighted by Crippen LogP contribution is 2.23. The number of amides is 2. The number of anilines is 1. The molecule has 1 aromatic carbocycles. The summed E-state index contributed by atoms with van der Waals surface area (Å²) in [6.45, 7) is 1.78. The van der Waals surface area contributed by atoms with Crippen LogP contribution < -0.4 is 16.0 Å². The summed E-state index contributed by atoms with van der Waals surface area (Å²) in [6, 6.07) is 5.58. The van der Waals surface area contributed by atoms with Crippen LogP contribution in [0.25, 0.3) is 0 Å². The maximum atomic E-state index is 12.1. The number of hydrogen-bond donors (Lipinski definition) is 3. The topological polar surface area (TPSA) is 70.2 Å². The quantitative estimate of drug-likeness (QED) is 0.726. The monoisotopic (exact) mass is 259 g/mol. The summed E-state index contributed by atoms with van der Waals surface area (Å²) in [5.41, 5.74) is 3.32. The van der Waals surface area contributed by atoms with E-state index < -0.39 is 0 Å². The maximum Gasteiger partial charge on any atom is 0.246 e. The Balaban J connectivity index is 1.76. The van der Waals surface area contributed by atoms with Crippen LogP contribution in [0.15, 0.2) is 18.2 Å². The largest absolute Gasteiger partial charge is 0.344 e. The highest BCUT2D eigenvalue weighted by Gasteiger charge is 2.27. The molecular weight excluding hydrogens is 242 g/mol. The van der Waals surface area contributed by atoms with E-state index in [0.29, 0.717) is 12.8 Å². The summed E-state index contributed by atoms with van der Waals surface area (Å²) in [5, 5.41) is 8.95. The van der Waals surface area contributed by atoms with Gasteiger partial charge in [-0.05, 0) is 36.6 Å². The molecule has 1 fully saturated rings. The number of nitrogens with one attached hydrogen (secondary N) is 3. The molecule has 0 aliphatic carbocycles. The Labute approximate surface area is 111 Å². The SMILES string of the molecule is O=C1CC[C@H](C(=O)Nc2cccc3c2CCNC3)N1. The van der Waals surface area contributed by atoms with Crippen LogP contribution in [0.3, 0.4) is 0 Å². The Hall–Kier alpha value is -1.88. The Morgan fingerprint density at radius 2 is 2.21 bits per heavy atom. The summed E-state index contributed by atoms with van der Waals surface area (Å²) in [5.74, 6) is -0.155. The van der Waals surface area contributed by atoms with Crippen LogP contribution in [0.1, 0.15) is 24.0 Å². The maximum absolute atomic E-state index is 12.1. The molecule has 3 rings (SSSR count). The van der Waals surface area contributed by atoms with E-state index in [0.717, 1.165) is 25.2 Å². The molecule has 1 atom stereocenters. The zero-order valence-corrected chi connectivity index (χ0v) is 10.7. The highest BCUT2D eigenvalue weighted by molar-refractivity contribution is 5.99. The number of carbonyl (C=O) groups is 2. The minimum Gasteiger partial charge on any atom is -0.344 e. The van der Waals surface area contributed by atoms with Gasteiger partial charge in [-0.25, -0.2) is 0 Å². The standard InChI is InChI=1S/C14H17N3O2/c18-13-5-4-12(16-13)14(19)17-11-3-1-2-9-8-15-7-6-10(9)11/h1-3,12,15H,4-8H2,(H,16,18)(H,17,19)/t12-/m1/s1. The molecule has 2 amide bonds. The number of fused-ring (bicyclic) bond motifs is 1. The molecule has 0 spiro atoms. The van der Waals surface area contributed by atoms with E-state index in [9.17, 15) is 9.59 Å². The van der Waals surface area contributed by atoms with Crippen molar-refractivity contribution in [3.8, 4) is 0 Å². The summed E-state index contributed by atoms with van der Waals surface area (Å²) in [4.78, 5) is 23.2. The molecule has 19 heavy (non-hydrogen) atoms. The van der Waals surface area contributed by atoms with Crippen molar-refractivity contribution < 1.29 is 9.59 Å². The Morgan fingerprint density at radius 1 is 1.32 bits per heavy atom. The second-order valence-electron chi connectivity index (χ2n) is 5.02. The van der Waals surface area contributed by atoms with Gasteiger partial charge in [-0.2, -0.15) is 0 Å². The molecule has 2 aliphatic heterocycles. The molecule has 0 saturated carbocycles. The van der Waals surface area contributed by atoms with E-state index in [1.165, 1.54) is 11.1 Å². The summed E-state index contributed by atoms with van der Waals surface area (Å²) >= 11 is 0. The molecule has 3 N–H and O–H groups in total. The predicted molar refractivity (Wildman–Crippen MR) is 71.6 cm³/mol. The van der Waals surface area contributed by atoms with Crippen LogP contribution in [-0.4, -0.2) is 24.4 Å². The first-order valence-electron chi connectivity index (χ1n) is 6.66. The molecule has 0 radical (unpaired) electrons. The first kappa shape index (κ1) is 12.2. The fraction of sp³-hybridized carbons (Fsp3) is 0.429. The van der Waals surface area contributed by atoms with Gasteiger partial charge in [-0.1, -0.05) is 12.1 Å². The van der Waals surface area contributed by atoms with Gasteiger partial charge in [0.1, 0.15) is 6.04 Å². The molecular formula is C14H17N3O2.